The van der Waals surface area contributed by atoms with E-state index in [9.17, 15) is 30.0 Å². The van der Waals surface area contributed by atoms with Crippen molar-refractivity contribution in [1.82, 2.24) is 0 Å². The van der Waals surface area contributed by atoms with Gasteiger partial charge in [0.15, 0.2) is 6.29 Å². The number of cyclic esters (lactones) is 2. The van der Waals surface area contributed by atoms with Crippen LogP contribution in [0.1, 0.15) is 46.0 Å². The summed E-state index contributed by atoms with van der Waals surface area (Å²) in [5.74, 6) is -0.540. The standard InChI is InChI=1S/C27H38O11/c1-13-4-7-27-12-35-23(33)16(27)9-15(36-25-22(32)21(31)20(30)17(11-28)37-25)10-18(27)26(13,2)6-5-14-8-19(29)38-24(14)34-3/h8-9,13,15,17-18,20-22,24-25,28,30-32H,4-7,10-12H2,1-3H3. The number of rotatable bonds is 7. The van der Waals surface area contributed by atoms with E-state index in [2.05, 4.69) is 13.8 Å². The third kappa shape index (κ3) is 4.42. The second kappa shape index (κ2) is 10.3. The summed E-state index contributed by atoms with van der Waals surface area (Å²) in [5, 5.41) is 40.4. The first-order chi connectivity index (χ1) is 18.0. The topological polar surface area (TPSA) is 161 Å². The molecule has 1 spiro atoms. The van der Waals surface area contributed by atoms with Crippen LogP contribution in [-0.2, 0) is 33.3 Å². The monoisotopic (exact) mass is 538 g/mol. The molecule has 11 unspecified atom stereocenters. The second-order valence-electron chi connectivity index (χ2n) is 11.6. The molecule has 0 amide bonds. The summed E-state index contributed by atoms with van der Waals surface area (Å²) in [6.07, 6.45) is -1.57. The summed E-state index contributed by atoms with van der Waals surface area (Å²) in [5.41, 5.74) is 0.609. The molecule has 5 aliphatic rings. The van der Waals surface area contributed by atoms with E-state index in [0.29, 0.717) is 30.9 Å². The number of hydrogen-bond acceptors (Lipinski definition) is 11. The van der Waals surface area contributed by atoms with Gasteiger partial charge in [0.1, 0.15) is 31.0 Å². The number of aliphatic hydroxyl groups excluding tert-OH is 4. The fraction of sp³-hybridized carbons (Fsp3) is 0.778. The molecule has 2 saturated heterocycles. The Morgan fingerprint density at radius 3 is 2.63 bits per heavy atom. The Kier molecular flexibility index (Phi) is 7.49. The number of aliphatic hydroxyl groups is 4. The molecule has 3 fully saturated rings. The summed E-state index contributed by atoms with van der Waals surface area (Å²) in [6.45, 7) is 4.14. The largest absolute Gasteiger partial charge is 0.461 e. The summed E-state index contributed by atoms with van der Waals surface area (Å²) >= 11 is 0. The first-order valence-electron chi connectivity index (χ1n) is 13.3. The number of carbonyl (C=O) groups excluding carboxylic acids is 2. The number of hydrogen-bond donors (Lipinski definition) is 4. The predicted molar refractivity (Wildman–Crippen MR) is 129 cm³/mol. The Bertz CT molecular complexity index is 1010. The quantitative estimate of drug-likeness (QED) is 0.331. The van der Waals surface area contributed by atoms with E-state index >= 15 is 0 Å². The van der Waals surface area contributed by atoms with Crippen molar-refractivity contribution in [1.29, 1.82) is 0 Å². The lowest BCUT2D eigenvalue weighted by Gasteiger charge is -2.57. The summed E-state index contributed by atoms with van der Waals surface area (Å²) < 4.78 is 27.8. The van der Waals surface area contributed by atoms with Gasteiger partial charge in [-0.2, -0.15) is 0 Å². The van der Waals surface area contributed by atoms with Gasteiger partial charge in [-0.15, -0.1) is 0 Å². The highest BCUT2D eigenvalue weighted by Gasteiger charge is 2.62. The van der Waals surface area contributed by atoms with Crippen LogP contribution in [0.4, 0.5) is 0 Å². The van der Waals surface area contributed by atoms with Crippen LogP contribution in [0.3, 0.4) is 0 Å². The first-order valence-corrected chi connectivity index (χ1v) is 13.3. The molecule has 0 bridgehead atoms. The van der Waals surface area contributed by atoms with Gasteiger partial charge in [-0.25, -0.2) is 9.59 Å². The fourth-order valence-electron chi connectivity index (χ4n) is 7.32. The van der Waals surface area contributed by atoms with Crippen molar-refractivity contribution in [2.24, 2.45) is 22.7 Å². The summed E-state index contributed by atoms with van der Waals surface area (Å²) in [6, 6.07) is 0. The Labute approximate surface area is 221 Å². The molecule has 5 rings (SSSR count). The molecule has 11 atom stereocenters. The average Bonchev–Trinajstić information content (AvgIpc) is 3.44. The molecular formula is C27H38O11. The van der Waals surface area contributed by atoms with E-state index in [1.165, 1.54) is 13.2 Å². The lowest BCUT2D eigenvalue weighted by Crippen LogP contribution is -2.60. The lowest BCUT2D eigenvalue weighted by atomic mass is 9.46. The van der Waals surface area contributed by atoms with Crippen LogP contribution < -0.4 is 0 Å². The highest BCUT2D eigenvalue weighted by atomic mass is 16.7. The first kappa shape index (κ1) is 27.7. The van der Waals surface area contributed by atoms with Gasteiger partial charge in [0.25, 0.3) is 0 Å². The molecule has 11 heteroatoms. The SMILES string of the molecule is COC1OC(=O)C=C1CCC1(C)C(C)CCC23COC(=O)C2=CC(OC2OC(CO)C(O)C(O)C2O)CC31. The molecule has 2 aliphatic carbocycles. The van der Waals surface area contributed by atoms with Gasteiger partial charge in [-0.05, 0) is 55.4 Å². The minimum atomic E-state index is -1.56. The van der Waals surface area contributed by atoms with Crippen molar-refractivity contribution in [3.05, 3.63) is 23.3 Å². The highest BCUT2D eigenvalue weighted by Crippen LogP contribution is 2.64. The van der Waals surface area contributed by atoms with Crippen molar-refractivity contribution in [2.45, 2.75) is 89.1 Å². The van der Waals surface area contributed by atoms with E-state index in [0.717, 1.165) is 24.8 Å². The van der Waals surface area contributed by atoms with Crippen LogP contribution in [0.25, 0.3) is 0 Å². The zero-order chi connectivity index (χ0) is 27.4. The van der Waals surface area contributed by atoms with Crippen molar-refractivity contribution in [3.63, 3.8) is 0 Å². The number of methoxy groups -OCH3 is 1. The molecule has 3 heterocycles. The van der Waals surface area contributed by atoms with E-state index in [1.807, 2.05) is 0 Å². The third-order valence-corrected chi connectivity index (χ3v) is 9.80. The Morgan fingerprint density at radius 1 is 1.16 bits per heavy atom. The van der Waals surface area contributed by atoms with Gasteiger partial charge >= 0.3 is 11.9 Å². The zero-order valence-electron chi connectivity index (χ0n) is 21.9. The summed E-state index contributed by atoms with van der Waals surface area (Å²) in [4.78, 5) is 24.8. The molecule has 38 heavy (non-hydrogen) atoms. The summed E-state index contributed by atoms with van der Waals surface area (Å²) in [7, 11) is 1.50. The van der Waals surface area contributed by atoms with Crippen LogP contribution in [0, 0.1) is 22.7 Å². The molecular weight excluding hydrogens is 500 g/mol. The van der Waals surface area contributed by atoms with Gasteiger partial charge < -0.3 is 44.1 Å². The van der Waals surface area contributed by atoms with Gasteiger partial charge in [0, 0.05) is 29.7 Å². The molecule has 0 aromatic heterocycles. The molecule has 11 nitrogen and oxygen atoms in total. The molecule has 0 aromatic carbocycles. The van der Waals surface area contributed by atoms with Crippen LogP contribution in [0.2, 0.25) is 0 Å². The Morgan fingerprint density at radius 2 is 1.92 bits per heavy atom. The van der Waals surface area contributed by atoms with Crippen LogP contribution in [-0.4, -0.2) is 95.8 Å². The van der Waals surface area contributed by atoms with Crippen LogP contribution in [0.15, 0.2) is 23.3 Å². The lowest BCUT2D eigenvalue weighted by molar-refractivity contribution is -0.310. The molecule has 0 aromatic rings. The van der Waals surface area contributed by atoms with Gasteiger partial charge in [-0.1, -0.05) is 13.8 Å². The van der Waals surface area contributed by atoms with E-state index in [1.54, 1.807) is 6.08 Å². The maximum absolute atomic E-state index is 12.9. The number of esters is 2. The van der Waals surface area contributed by atoms with E-state index < -0.39 is 61.1 Å². The second-order valence-corrected chi connectivity index (χ2v) is 11.6. The Balaban J connectivity index is 1.42. The predicted octanol–water partition coefficient (Wildman–Crippen LogP) is 0.333. The minimum absolute atomic E-state index is 0.0281. The van der Waals surface area contributed by atoms with E-state index in [-0.39, 0.29) is 17.3 Å². The van der Waals surface area contributed by atoms with Crippen molar-refractivity contribution < 1.29 is 53.7 Å². The van der Waals surface area contributed by atoms with Crippen molar-refractivity contribution in [2.75, 3.05) is 20.3 Å². The van der Waals surface area contributed by atoms with Crippen molar-refractivity contribution in [3.8, 4) is 0 Å². The normalized spacial score (nSPS) is 46.6. The molecule has 212 valence electrons. The molecule has 0 radical (unpaired) electrons. The highest BCUT2D eigenvalue weighted by molar-refractivity contribution is 5.93. The number of ether oxygens (including phenoxy) is 5. The van der Waals surface area contributed by atoms with Crippen molar-refractivity contribution >= 4 is 11.9 Å². The number of carbonyl (C=O) groups is 2. The van der Waals surface area contributed by atoms with Gasteiger partial charge in [0.2, 0.25) is 6.29 Å². The molecule has 4 N–H and O–H groups in total. The fourth-order valence-corrected chi connectivity index (χ4v) is 7.32. The minimum Gasteiger partial charge on any atom is -0.461 e. The smallest absolute Gasteiger partial charge is 0.334 e. The Hall–Kier alpha value is -1.86. The molecule has 1 saturated carbocycles. The average molecular weight is 539 g/mol. The van der Waals surface area contributed by atoms with Gasteiger partial charge in [-0.3, -0.25) is 0 Å². The van der Waals surface area contributed by atoms with Gasteiger partial charge in [0.05, 0.1) is 12.7 Å². The third-order valence-electron chi connectivity index (χ3n) is 9.80. The zero-order valence-corrected chi connectivity index (χ0v) is 21.9. The molecule has 3 aliphatic heterocycles. The maximum Gasteiger partial charge on any atom is 0.334 e. The van der Waals surface area contributed by atoms with Crippen LogP contribution >= 0.6 is 0 Å². The maximum atomic E-state index is 12.9. The van der Waals surface area contributed by atoms with Crippen LogP contribution in [0.5, 0.6) is 0 Å². The van der Waals surface area contributed by atoms with E-state index in [4.69, 9.17) is 23.7 Å².